The molecule has 0 heterocycles. The van der Waals surface area contributed by atoms with E-state index in [2.05, 4.69) is 14.7 Å². The zero-order valence-corrected chi connectivity index (χ0v) is 37.0. The Morgan fingerprint density at radius 1 is 0.263 bits per heavy atom. The highest BCUT2D eigenvalue weighted by atomic mass is 16.2. The molecule has 8 nitrogen and oxygen atoms in total. The molecule has 0 aromatic carbocycles. The standard InChI is InChI=1S/C27H46N2O2.C22H38N2O2/c1-28(26(30)21-11-5-2-6-12-21)23-19-17-22(18-20-23)27(31)29(24-13-7-3-8-14-24)25-15-9-4-10-16-25;1-23(19-11-7-4-8-12-19)22(26)18-13-15-20(16-14-18)24(2)21(25)17-9-5-3-6-10-17/h21-25H,2-20H2,1H3;17-20H,3-16H2,1-2H3. The maximum absolute atomic E-state index is 13.8. The Morgan fingerprint density at radius 2 is 0.491 bits per heavy atom. The van der Waals surface area contributed by atoms with Gasteiger partial charge in [0.1, 0.15) is 0 Å². The molecule has 0 aromatic heterocycles. The molecule has 7 aliphatic rings. The van der Waals surface area contributed by atoms with Gasteiger partial charge in [-0.25, -0.2) is 0 Å². The van der Waals surface area contributed by atoms with Crippen molar-refractivity contribution in [3.63, 3.8) is 0 Å². The number of rotatable bonds is 9. The first-order valence-corrected chi connectivity index (χ1v) is 24.8. The van der Waals surface area contributed by atoms with Crippen LogP contribution in [0.5, 0.6) is 0 Å². The van der Waals surface area contributed by atoms with Gasteiger partial charge in [-0.15, -0.1) is 0 Å². The minimum absolute atomic E-state index is 0.177. The first-order valence-electron chi connectivity index (χ1n) is 24.8. The van der Waals surface area contributed by atoms with E-state index in [1.54, 1.807) is 0 Å². The van der Waals surface area contributed by atoms with Gasteiger partial charge in [0.2, 0.25) is 23.6 Å². The second-order valence-electron chi connectivity index (χ2n) is 20.1. The van der Waals surface area contributed by atoms with Crippen molar-refractivity contribution in [1.29, 1.82) is 0 Å². The smallest absolute Gasteiger partial charge is 0.226 e. The van der Waals surface area contributed by atoms with Gasteiger partial charge in [-0.1, -0.05) is 96.3 Å². The average molecular weight is 793 g/mol. The molecule has 324 valence electrons. The van der Waals surface area contributed by atoms with E-state index in [4.69, 9.17) is 0 Å². The third-order valence-corrected chi connectivity index (χ3v) is 16.5. The second-order valence-corrected chi connectivity index (χ2v) is 20.1. The summed E-state index contributed by atoms with van der Waals surface area (Å²) in [5, 5.41) is 0. The Labute approximate surface area is 348 Å². The maximum atomic E-state index is 13.8. The van der Waals surface area contributed by atoms with Crippen molar-refractivity contribution in [2.45, 2.75) is 242 Å². The molecule has 0 aliphatic heterocycles. The summed E-state index contributed by atoms with van der Waals surface area (Å²) in [5.74, 6) is 2.45. The molecule has 7 aliphatic carbocycles. The number of hydrogen-bond acceptors (Lipinski definition) is 4. The summed E-state index contributed by atoms with van der Waals surface area (Å²) in [6, 6.07) is 2.14. The predicted molar refractivity (Wildman–Crippen MR) is 230 cm³/mol. The van der Waals surface area contributed by atoms with E-state index < -0.39 is 0 Å². The van der Waals surface area contributed by atoms with Gasteiger partial charge >= 0.3 is 0 Å². The summed E-state index contributed by atoms with van der Waals surface area (Å²) in [5.41, 5.74) is 0. The number of hydrogen-bond donors (Lipinski definition) is 0. The van der Waals surface area contributed by atoms with Crippen LogP contribution in [0, 0.1) is 23.7 Å². The van der Waals surface area contributed by atoms with Gasteiger partial charge in [0.05, 0.1) is 0 Å². The Balaban J connectivity index is 0.000000196. The lowest BCUT2D eigenvalue weighted by atomic mass is 9.81. The van der Waals surface area contributed by atoms with Gasteiger partial charge in [-0.05, 0) is 116 Å². The Kier molecular flexibility index (Phi) is 17.5. The number of amides is 4. The molecule has 0 spiro atoms. The SMILES string of the molecule is CN(C(=O)C1CCC(N(C)C(=O)C2CCCCC2)CC1)C1CCCCC1.CN(C(=O)C1CCCCC1)C1CCC(C(=O)N(C2CCCCC2)C2CCCCC2)CC1. The molecule has 0 unspecified atom stereocenters. The van der Waals surface area contributed by atoms with Gasteiger partial charge in [0.15, 0.2) is 0 Å². The summed E-state index contributed by atoms with van der Waals surface area (Å²) >= 11 is 0. The van der Waals surface area contributed by atoms with Crippen LogP contribution in [0.15, 0.2) is 0 Å². The van der Waals surface area contributed by atoms with E-state index in [1.165, 1.54) is 135 Å². The van der Waals surface area contributed by atoms with Crippen molar-refractivity contribution >= 4 is 23.6 Å². The molecule has 0 N–H and O–H groups in total. The van der Waals surface area contributed by atoms with Crippen molar-refractivity contribution in [2.24, 2.45) is 23.7 Å². The molecule has 7 rings (SSSR count). The number of carbonyl (C=O) groups excluding carboxylic acids is 4. The molecular formula is C49H84N4O4. The fourth-order valence-electron chi connectivity index (χ4n) is 12.6. The fraction of sp³-hybridized carbons (Fsp3) is 0.918. The van der Waals surface area contributed by atoms with Crippen molar-refractivity contribution in [3.8, 4) is 0 Å². The molecular weight excluding hydrogens is 709 g/mol. The molecule has 0 aromatic rings. The van der Waals surface area contributed by atoms with E-state index in [1.807, 2.05) is 26.0 Å². The topological polar surface area (TPSA) is 81.2 Å². The van der Waals surface area contributed by atoms with Gasteiger partial charge in [-0.3, -0.25) is 19.2 Å². The minimum atomic E-state index is 0.177. The molecule has 0 radical (unpaired) electrons. The van der Waals surface area contributed by atoms with Crippen LogP contribution in [-0.4, -0.2) is 94.6 Å². The van der Waals surface area contributed by atoms with Crippen LogP contribution < -0.4 is 0 Å². The molecule has 8 heteroatoms. The van der Waals surface area contributed by atoms with Crippen LogP contribution in [0.2, 0.25) is 0 Å². The van der Waals surface area contributed by atoms with E-state index in [0.29, 0.717) is 53.8 Å². The van der Waals surface area contributed by atoms with Gasteiger partial charge in [-0.2, -0.15) is 0 Å². The lowest BCUT2D eigenvalue weighted by Crippen LogP contribution is -2.52. The maximum Gasteiger partial charge on any atom is 0.226 e. The molecule has 57 heavy (non-hydrogen) atoms. The summed E-state index contributed by atoms with van der Waals surface area (Å²) in [4.78, 5) is 61.0. The van der Waals surface area contributed by atoms with Crippen molar-refractivity contribution < 1.29 is 19.2 Å². The van der Waals surface area contributed by atoms with Crippen LogP contribution in [0.3, 0.4) is 0 Å². The molecule has 7 fully saturated rings. The van der Waals surface area contributed by atoms with Crippen molar-refractivity contribution in [3.05, 3.63) is 0 Å². The van der Waals surface area contributed by atoms with E-state index >= 15 is 0 Å². The number of carbonyl (C=O) groups is 4. The highest BCUT2D eigenvalue weighted by molar-refractivity contribution is 5.81. The second kappa shape index (κ2) is 22.5. The Morgan fingerprint density at radius 3 is 0.807 bits per heavy atom. The Bertz CT molecular complexity index is 1230. The first-order chi connectivity index (χ1) is 27.7. The summed E-state index contributed by atoms with van der Waals surface area (Å²) < 4.78 is 0. The first kappa shape index (κ1) is 44.4. The minimum Gasteiger partial charge on any atom is -0.343 e. The van der Waals surface area contributed by atoms with E-state index in [0.717, 1.165) is 77.0 Å². The van der Waals surface area contributed by atoms with Crippen molar-refractivity contribution in [2.75, 3.05) is 21.1 Å². The van der Waals surface area contributed by atoms with Gasteiger partial charge in [0, 0.05) is 75.0 Å². The Hall–Kier alpha value is -2.12. The van der Waals surface area contributed by atoms with Crippen LogP contribution >= 0.6 is 0 Å². The predicted octanol–water partition coefficient (Wildman–Crippen LogP) is 10.5. The zero-order valence-electron chi connectivity index (χ0n) is 37.0. The highest BCUT2D eigenvalue weighted by Gasteiger charge is 2.39. The van der Waals surface area contributed by atoms with Crippen LogP contribution in [0.4, 0.5) is 0 Å². The zero-order chi connectivity index (χ0) is 40.1. The van der Waals surface area contributed by atoms with Gasteiger partial charge in [0.25, 0.3) is 0 Å². The molecule has 4 amide bonds. The van der Waals surface area contributed by atoms with Crippen LogP contribution in [0.1, 0.15) is 212 Å². The molecule has 0 saturated heterocycles. The number of nitrogens with zero attached hydrogens (tertiary/aromatic N) is 4. The van der Waals surface area contributed by atoms with Gasteiger partial charge < -0.3 is 19.6 Å². The third-order valence-electron chi connectivity index (χ3n) is 16.5. The van der Waals surface area contributed by atoms with Crippen LogP contribution in [-0.2, 0) is 19.2 Å². The average Bonchev–Trinajstić information content (AvgIpc) is 3.29. The molecule has 0 bridgehead atoms. The summed E-state index contributed by atoms with van der Waals surface area (Å²) in [6.07, 6.45) is 38.5. The van der Waals surface area contributed by atoms with Crippen molar-refractivity contribution in [1.82, 2.24) is 19.6 Å². The fourth-order valence-corrected chi connectivity index (χ4v) is 12.6. The normalized spacial score (nSPS) is 29.0. The highest BCUT2D eigenvalue weighted by Crippen LogP contribution is 2.37. The molecule has 7 saturated carbocycles. The lowest BCUT2D eigenvalue weighted by Gasteiger charge is -2.44. The summed E-state index contributed by atoms with van der Waals surface area (Å²) in [6.45, 7) is 0. The quantitative estimate of drug-likeness (QED) is 0.233. The lowest BCUT2D eigenvalue weighted by molar-refractivity contribution is -0.145. The molecule has 0 atom stereocenters. The largest absolute Gasteiger partial charge is 0.343 e. The third kappa shape index (κ3) is 12.0. The van der Waals surface area contributed by atoms with E-state index in [9.17, 15) is 19.2 Å². The van der Waals surface area contributed by atoms with E-state index in [-0.39, 0.29) is 23.7 Å². The summed E-state index contributed by atoms with van der Waals surface area (Å²) in [7, 11) is 6.04. The monoisotopic (exact) mass is 793 g/mol. The van der Waals surface area contributed by atoms with Crippen LogP contribution in [0.25, 0.3) is 0 Å².